The Bertz CT molecular complexity index is 618. The molecule has 1 atom stereocenters. The fraction of sp³-hybridized carbons (Fsp3) is 0.684. The second-order valence-corrected chi connectivity index (χ2v) is 7.81. The first kappa shape index (κ1) is 23.7. The predicted octanol–water partition coefficient (Wildman–Crippen LogP) is 2.42. The van der Waals surface area contributed by atoms with Gasteiger partial charge in [-0.05, 0) is 65.8 Å². The van der Waals surface area contributed by atoms with Crippen molar-refractivity contribution in [3.05, 3.63) is 23.7 Å². The maximum Gasteiger partial charge on any atom is 0.239 e. The molecule has 1 fully saturated rings. The van der Waals surface area contributed by atoms with E-state index >= 15 is 0 Å². The number of aliphatic imine (C=N–C) groups is 1. The number of likely N-dealkylation sites (tertiary alicyclic amines) is 1. The van der Waals surface area contributed by atoms with Gasteiger partial charge in [-0.3, -0.25) is 14.7 Å². The van der Waals surface area contributed by atoms with Gasteiger partial charge in [-0.2, -0.15) is 0 Å². The Balaban J connectivity index is 0.00000364. The molecular weight excluding hydrogens is 457 g/mol. The number of amides is 1. The molecule has 3 N–H and O–H groups in total. The summed E-state index contributed by atoms with van der Waals surface area (Å²) < 4.78 is 5.87. The first-order valence-electron chi connectivity index (χ1n) is 9.34. The lowest BCUT2D eigenvalue weighted by Gasteiger charge is -2.27. The molecule has 1 aromatic heterocycles. The molecule has 0 saturated carbocycles. The zero-order valence-electron chi connectivity index (χ0n) is 17.1. The van der Waals surface area contributed by atoms with E-state index in [1.54, 1.807) is 7.05 Å². The van der Waals surface area contributed by atoms with Crippen LogP contribution in [0.3, 0.4) is 0 Å². The van der Waals surface area contributed by atoms with Gasteiger partial charge in [0.2, 0.25) is 5.91 Å². The number of rotatable bonds is 6. The van der Waals surface area contributed by atoms with Crippen molar-refractivity contribution in [2.75, 3.05) is 33.2 Å². The van der Waals surface area contributed by atoms with Crippen LogP contribution in [-0.4, -0.2) is 55.5 Å². The van der Waals surface area contributed by atoms with Gasteiger partial charge in [0.25, 0.3) is 0 Å². The van der Waals surface area contributed by atoms with Crippen LogP contribution in [0.15, 0.2) is 21.5 Å². The second kappa shape index (κ2) is 10.9. The van der Waals surface area contributed by atoms with Crippen molar-refractivity contribution >= 4 is 35.8 Å². The van der Waals surface area contributed by atoms with E-state index in [2.05, 4.69) is 25.8 Å². The topological polar surface area (TPSA) is 81.9 Å². The van der Waals surface area contributed by atoms with E-state index in [0.29, 0.717) is 12.5 Å². The fourth-order valence-corrected chi connectivity index (χ4v) is 3.14. The molecular formula is C19H34IN5O2. The lowest BCUT2D eigenvalue weighted by atomic mass is 10.1. The van der Waals surface area contributed by atoms with Gasteiger partial charge < -0.3 is 20.4 Å². The minimum Gasteiger partial charge on any atom is -0.465 e. The first-order valence-corrected chi connectivity index (χ1v) is 9.34. The molecule has 7 nitrogen and oxygen atoms in total. The van der Waals surface area contributed by atoms with Crippen molar-refractivity contribution in [2.24, 2.45) is 4.99 Å². The molecule has 2 rings (SSSR count). The third-order valence-corrected chi connectivity index (χ3v) is 4.29. The molecule has 8 heteroatoms. The van der Waals surface area contributed by atoms with Crippen LogP contribution in [0, 0.1) is 6.92 Å². The maximum absolute atomic E-state index is 12.0. The molecule has 154 valence electrons. The number of carbonyl (C=O) groups is 1. The first-order chi connectivity index (χ1) is 12.3. The Morgan fingerprint density at radius 2 is 1.93 bits per heavy atom. The molecule has 1 aliphatic heterocycles. The second-order valence-electron chi connectivity index (χ2n) is 7.81. The van der Waals surface area contributed by atoms with Gasteiger partial charge in [-0.15, -0.1) is 24.0 Å². The van der Waals surface area contributed by atoms with Gasteiger partial charge in [0.15, 0.2) is 5.96 Å². The number of hydrogen-bond acceptors (Lipinski definition) is 4. The van der Waals surface area contributed by atoms with Gasteiger partial charge in [0, 0.05) is 19.1 Å². The number of guanidine groups is 1. The van der Waals surface area contributed by atoms with E-state index in [1.165, 1.54) is 12.8 Å². The molecule has 2 heterocycles. The molecule has 0 bridgehead atoms. The quantitative estimate of drug-likeness (QED) is 0.324. The highest BCUT2D eigenvalue weighted by Gasteiger charge is 2.26. The smallest absolute Gasteiger partial charge is 0.239 e. The minimum atomic E-state index is -0.242. The summed E-state index contributed by atoms with van der Waals surface area (Å²) in [5.74, 6) is 2.45. The number of furan rings is 1. The van der Waals surface area contributed by atoms with E-state index in [4.69, 9.17) is 4.42 Å². The number of aryl methyl sites for hydroxylation is 1. The number of hydrogen-bond donors (Lipinski definition) is 3. The number of carbonyl (C=O) groups excluding carboxylic acids is 1. The summed E-state index contributed by atoms with van der Waals surface area (Å²) in [5, 5.41) is 9.33. The zero-order chi connectivity index (χ0) is 19.2. The van der Waals surface area contributed by atoms with Crippen molar-refractivity contribution in [3.8, 4) is 0 Å². The highest BCUT2D eigenvalue weighted by Crippen LogP contribution is 2.26. The highest BCUT2D eigenvalue weighted by molar-refractivity contribution is 14.0. The Labute approximate surface area is 179 Å². The van der Waals surface area contributed by atoms with Crippen LogP contribution in [-0.2, 0) is 4.79 Å². The van der Waals surface area contributed by atoms with Crippen molar-refractivity contribution in [1.29, 1.82) is 0 Å². The maximum atomic E-state index is 12.0. The van der Waals surface area contributed by atoms with Crippen molar-refractivity contribution in [3.63, 3.8) is 0 Å². The van der Waals surface area contributed by atoms with E-state index in [9.17, 15) is 4.79 Å². The molecule has 1 unspecified atom stereocenters. The minimum absolute atomic E-state index is 0. The summed E-state index contributed by atoms with van der Waals surface area (Å²) in [6.07, 6.45) is 2.44. The Morgan fingerprint density at radius 3 is 2.44 bits per heavy atom. The van der Waals surface area contributed by atoms with Crippen molar-refractivity contribution in [1.82, 2.24) is 20.9 Å². The van der Waals surface area contributed by atoms with Crippen LogP contribution in [0.4, 0.5) is 0 Å². The molecule has 1 saturated heterocycles. The van der Waals surface area contributed by atoms with E-state index in [1.807, 2.05) is 39.8 Å². The molecule has 27 heavy (non-hydrogen) atoms. The largest absolute Gasteiger partial charge is 0.465 e. The lowest BCUT2D eigenvalue weighted by Crippen LogP contribution is -2.49. The van der Waals surface area contributed by atoms with Gasteiger partial charge in [0.05, 0.1) is 12.6 Å². The van der Waals surface area contributed by atoms with E-state index in [0.717, 1.165) is 24.6 Å². The molecule has 1 aromatic rings. The average Bonchev–Trinajstić information content (AvgIpc) is 3.21. The third kappa shape index (κ3) is 8.08. The molecule has 0 aromatic carbocycles. The van der Waals surface area contributed by atoms with Crippen molar-refractivity contribution < 1.29 is 9.21 Å². The predicted molar refractivity (Wildman–Crippen MR) is 120 cm³/mol. The lowest BCUT2D eigenvalue weighted by molar-refractivity contribution is -0.121. The molecule has 1 aliphatic rings. The SMILES string of the molecule is CN=C(NCC(=O)NC(C)(C)C)NCC(c1ccc(C)o1)N1CCCC1.I. The van der Waals surface area contributed by atoms with Crippen LogP contribution in [0.2, 0.25) is 0 Å². The van der Waals surface area contributed by atoms with Gasteiger partial charge >= 0.3 is 0 Å². The third-order valence-electron chi connectivity index (χ3n) is 4.29. The van der Waals surface area contributed by atoms with E-state index < -0.39 is 0 Å². The normalized spacial score (nSPS) is 16.6. The van der Waals surface area contributed by atoms with Crippen LogP contribution >= 0.6 is 24.0 Å². The van der Waals surface area contributed by atoms with Crippen molar-refractivity contribution in [2.45, 2.75) is 52.1 Å². The summed E-state index contributed by atoms with van der Waals surface area (Å²) in [6.45, 7) is 10.9. The van der Waals surface area contributed by atoms with Crippen LogP contribution < -0.4 is 16.0 Å². The molecule has 0 spiro atoms. The summed E-state index contributed by atoms with van der Waals surface area (Å²) in [7, 11) is 1.71. The van der Waals surface area contributed by atoms with Crippen LogP contribution in [0.5, 0.6) is 0 Å². The zero-order valence-corrected chi connectivity index (χ0v) is 19.4. The Kier molecular flexibility index (Phi) is 9.58. The Morgan fingerprint density at radius 1 is 1.26 bits per heavy atom. The standard InChI is InChI=1S/C19H33N5O2.HI/c1-14-8-9-16(26-14)15(24-10-6-7-11-24)12-21-18(20-5)22-13-17(25)23-19(2,3)4;/h8-9,15H,6-7,10-13H2,1-5H3,(H,23,25)(H2,20,21,22);1H. The monoisotopic (exact) mass is 491 g/mol. The number of nitrogens with one attached hydrogen (secondary N) is 3. The van der Waals surface area contributed by atoms with Gasteiger partial charge in [-0.25, -0.2) is 0 Å². The van der Waals surface area contributed by atoms with Gasteiger partial charge in [-0.1, -0.05) is 0 Å². The summed E-state index contributed by atoms with van der Waals surface area (Å²) in [6, 6.07) is 4.21. The Hall–Kier alpha value is -1.29. The molecule has 0 aliphatic carbocycles. The van der Waals surface area contributed by atoms with E-state index in [-0.39, 0.29) is 48.0 Å². The highest BCUT2D eigenvalue weighted by atomic mass is 127. The summed E-state index contributed by atoms with van der Waals surface area (Å²) >= 11 is 0. The summed E-state index contributed by atoms with van der Waals surface area (Å²) in [5.41, 5.74) is -0.242. The van der Waals surface area contributed by atoms with Crippen LogP contribution in [0.25, 0.3) is 0 Å². The number of halogens is 1. The average molecular weight is 491 g/mol. The van der Waals surface area contributed by atoms with Crippen LogP contribution in [0.1, 0.15) is 51.2 Å². The fourth-order valence-electron chi connectivity index (χ4n) is 3.14. The molecule has 0 radical (unpaired) electrons. The number of nitrogens with zero attached hydrogens (tertiary/aromatic N) is 2. The summed E-state index contributed by atoms with van der Waals surface area (Å²) in [4.78, 5) is 18.6. The van der Waals surface area contributed by atoms with Gasteiger partial charge in [0.1, 0.15) is 11.5 Å². The molecule has 1 amide bonds.